The molecule has 0 radical (unpaired) electrons. The maximum absolute atomic E-state index is 14.3. The van der Waals surface area contributed by atoms with Crippen LogP contribution in [0.5, 0.6) is 5.75 Å². The van der Waals surface area contributed by atoms with Gasteiger partial charge >= 0.3 is 0 Å². The van der Waals surface area contributed by atoms with E-state index in [2.05, 4.69) is 10.3 Å². The first-order valence-electron chi connectivity index (χ1n) is 8.92. The Morgan fingerprint density at radius 2 is 1.93 bits per heavy atom. The standard InChI is InChI=1S/C21H20FN3O2/c1-13(2)27-18-10-6-3-7-14(18)15-11-19(26)24-21-20(15)23-12-25(21)17-9-5-4-8-16(17)22/h3-10,12-13,15H,11H2,1-2H3,(H,24,26)/t15-/m1/s1. The Morgan fingerprint density at radius 1 is 1.19 bits per heavy atom. The monoisotopic (exact) mass is 365 g/mol. The largest absolute Gasteiger partial charge is 0.491 e. The van der Waals surface area contributed by atoms with Gasteiger partial charge in [0.15, 0.2) is 0 Å². The van der Waals surface area contributed by atoms with Crippen LogP contribution in [0.15, 0.2) is 54.9 Å². The molecule has 27 heavy (non-hydrogen) atoms. The highest BCUT2D eigenvalue weighted by atomic mass is 19.1. The number of carbonyl (C=O) groups excluding carboxylic acids is 1. The van der Waals surface area contributed by atoms with E-state index in [1.165, 1.54) is 6.07 Å². The van der Waals surface area contributed by atoms with Crippen molar-refractivity contribution in [2.45, 2.75) is 32.3 Å². The Hall–Kier alpha value is -3.15. The van der Waals surface area contributed by atoms with Crippen molar-refractivity contribution in [1.29, 1.82) is 0 Å². The predicted molar refractivity (Wildman–Crippen MR) is 101 cm³/mol. The number of para-hydroxylation sites is 2. The highest BCUT2D eigenvalue weighted by Gasteiger charge is 2.33. The van der Waals surface area contributed by atoms with Gasteiger partial charge in [-0.25, -0.2) is 9.37 Å². The Bertz CT molecular complexity index is 997. The highest BCUT2D eigenvalue weighted by molar-refractivity contribution is 5.94. The van der Waals surface area contributed by atoms with Crippen LogP contribution in [0.1, 0.15) is 37.4 Å². The third kappa shape index (κ3) is 3.18. The summed E-state index contributed by atoms with van der Waals surface area (Å²) < 4.78 is 21.8. The first-order valence-corrected chi connectivity index (χ1v) is 8.92. The Balaban J connectivity index is 1.82. The zero-order valence-corrected chi connectivity index (χ0v) is 15.1. The molecule has 138 valence electrons. The summed E-state index contributed by atoms with van der Waals surface area (Å²) >= 11 is 0. The second-order valence-corrected chi connectivity index (χ2v) is 6.81. The summed E-state index contributed by atoms with van der Waals surface area (Å²) in [4.78, 5) is 16.9. The first kappa shape index (κ1) is 17.3. The Kier molecular flexibility index (Phi) is 4.39. The van der Waals surface area contributed by atoms with Crippen molar-refractivity contribution in [1.82, 2.24) is 9.55 Å². The summed E-state index contributed by atoms with van der Waals surface area (Å²) in [6, 6.07) is 14.1. The average Bonchev–Trinajstić information content (AvgIpc) is 3.05. The highest BCUT2D eigenvalue weighted by Crippen LogP contribution is 2.41. The molecule has 4 rings (SSSR count). The number of carbonyl (C=O) groups is 1. The van der Waals surface area contributed by atoms with Gasteiger partial charge in [-0.3, -0.25) is 9.36 Å². The van der Waals surface area contributed by atoms with Crippen molar-refractivity contribution >= 4 is 11.7 Å². The minimum atomic E-state index is -0.377. The van der Waals surface area contributed by atoms with Gasteiger partial charge in [-0.05, 0) is 32.0 Å². The van der Waals surface area contributed by atoms with Gasteiger partial charge in [0.2, 0.25) is 5.91 Å². The number of imidazole rings is 1. The van der Waals surface area contributed by atoms with Crippen molar-refractivity contribution in [3.63, 3.8) is 0 Å². The van der Waals surface area contributed by atoms with Crippen LogP contribution in [0.25, 0.3) is 5.69 Å². The molecule has 1 aliphatic heterocycles. The number of hydrogen-bond donors (Lipinski definition) is 1. The molecule has 0 saturated heterocycles. The number of ether oxygens (including phenoxy) is 1. The fourth-order valence-corrected chi connectivity index (χ4v) is 3.42. The van der Waals surface area contributed by atoms with Crippen LogP contribution in [0.3, 0.4) is 0 Å². The fraction of sp³-hybridized carbons (Fsp3) is 0.238. The molecule has 2 aromatic carbocycles. The van der Waals surface area contributed by atoms with Crippen LogP contribution in [0.4, 0.5) is 10.2 Å². The molecule has 0 aliphatic carbocycles. The molecule has 0 bridgehead atoms. The van der Waals surface area contributed by atoms with Gasteiger partial charge in [0.25, 0.3) is 0 Å². The molecule has 0 spiro atoms. The molecule has 2 heterocycles. The van der Waals surface area contributed by atoms with Crippen molar-refractivity contribution < 1.29 is 13.9 Å². The molecule has 0 unspecified atom stereocenters. The summed E-state index contributed by atoms with van der Waals surface area (Å²) in [5.74, 6) is 0.471. The maximum Gasteiger partial charge on any atom is 0.226 e. The number of benzene rings is 2. The Labute approximate surface area is 156 Å². The normalized spacial score (nSPS) is 16.1. The number of aromatic nitrogens is 2. The molecule has 3 aromatic rings. The quantitative estimate of drug-likeness (QED) is 0.751. The second kappa shape index (κ2) is 6.87. The van der Waals surface area contributed by atoms with Crippen molar-refractivity contribution in [3.8, 4) is 11.4 Å². The van der Waals surface area contributed by atoms with Crippen molar-refractivity contribution in [2.75, 3.05) is 5.32 Å². The molecule has 6 heteroatoms. The van der Waals surface area contributed by atoms with E-state index in [4.69, 9.17) is 4.74 Å². The smallest absolute Gasteiger partial charge is 0.226 e. The predicted octanol–water partition coefficient (Wildman–Crippen LogP) is 4.27. The van der Waals surface area contributed by atoms with Gasteiger partial charge in [-0.15, -0.1) is 0 Å². The summed E-state index contributed by atoms with van der Waals surface area (Å²) in [5, 5.41) is 2.85. The number of rotatable bonds is 4. The van der Waals surface area contributed by atoms with E-state index in [0.29, 0.717) is 17.2 Å². The maximum atomic E-state index is 14.3. The summed E-state index contributed by atoms with van der Waals surface area (Å²) in [7, 11) is 0. The van der Waals surface area contributed by atoms with E-state index in [1.54, 1.807) is 29.1 Å². The lowest BCUT2D eigenvalue weighted by molar-refractivity contribution is -0.116. The van der Waals surface area contributed by atoms with E-state index < -0.39 is 0 Å². The molecule has 0 saturated carbocycles. The van der Waals surface area contributed by atoms with Gasteiger partial charge in [-0.2, -0.15) is 0 Å². The van der Waals surface area contributed by atoms with Crippen LogP contribution in [-0.2, 0) is 4.79 Å². The van der Waals surface area contributed by atoms with Crippen molar-refractivity contribution in [2.24, 2.45) is 0 Å². The molecule has 1 aliphatic rings. The van der Waals surface area contributed by atoms with E-state index in [1.807, 2.05) is 38.1 Å². The van der Waals surface area contributed by atoms with E-state index in [0.717, 1.165) is 11.3 Å². The fourth-order valence-electron chi connectivity index (χ4n) is 3.42. The zero-order chi connectivity index (χ0) is 19.0. The number of fused-ring (bicyclic) bond motifs is 1. The first-order chi connectivity index (χ1) is 13.0. The molecule has 1 aromatic heterocycles. The molecule has 1 amide bonds. The molecule has 0 fully saturated rings. The molecular formula is C21H20FN3O2. The van der Waals surface area contributed by atoms with Crippen LogP contribution >= 0.6 is 0 Å². The lowest BCUT2D eigenvalue weighted by atomic mass is 9.89. The lowest BCUT2D eigenvalue weighted by Crippen LogP contribution is -2.25. The molecular weight excluding hydrogens is 345 g/mol. The van der Waals surface area contributed by atoms with E-state index in [9.17, 15) is 9.18 Å². The minimum absolute atomic E-state index is 0.0130. The Morgan fingerprint density at radius 3 is 2.70 bits per heavy atom. The van der Waals surface area contributed by atoms with Crippen LogP contribution in [0, 0.1) is 5.82 Å². The van der Waals surface area contributed by atoms with Gasteiger partial charge in [-0.1, -0.05) is 30.3 Å². The van der Waals surface area contributed by atoms with Gasteiger partial charge in [0.05, 0.1) is 17.5 Å². The summed E-state index contributed by atoms with van der Waals surface area (Å²) in [6.45, 7) is 3.92. The average molecular weight is 365 g/mol. The summed E-state index contributed by atoms with van der Waals surface area (Å²) in [5.41, 5.74) is 1.96. The number of halogens is 1. The number of nitrogens with zero attached hydrogens (tertiary/aromatic N) is 2. The second-order valence-electron chi connectivity index (χ2n) is 6.81. The van der Waals surface area contributed by atoms with Crippen LogP contribution in [-0.4, -0.2) is 21.6 Å². The van der Waals surface area contributed by atoms with E-state index in [-0.39, 0.29) is 30.2 Å². The summed E-state index contributed by atoms with van der Waals surface area (Å²) in [6.07, 6.45) is 1.83. The SMILES string of the molecule is CC(C)Oc1ccccc1[C@H]1CC(=O)Nc2c1ncn2-c1ccccc1F. The number of nitrogens with one attached hydrogen (secondary N) is 1. The van der Waals surface area contributed by atoms with Gasteiger partial charge in [0, 0.05) is 17.9 Å². The number of hydrogen-bond acceptors (Lipinski definition) is 3. The topological polar surface area (TPSA) is 56.1 Å². The molecule has 1 N–H and O–H groups in total. The van der Waals surface area contributed by atoms with Crippen molar-refractivity contribution in [3.05, 3.63) is 71.9 Å². The zero-order valence-electron chi connectivity index (χ0n) is 15.1. The third-order valence-electron chi connectivity index (χ3n) is 4.54. The molecule has 1 atom stereocenters. The number of amides is 1. The van der Waals surface area contributed by atoms with Gasteiger partial charge < -0.3 is 10.1 Å². The third-order valence-corrected chi connectivity index (χ3v) is 4.54. The van der Waals surface area contributed by atoms with Gasteiger partial charge in [0.1, 0.15) is 23.7 Å². The minimum Gasteiger partial charge on any atom is -0.491 e. The van der Waals surface area contributed by atoms with Crippen LogP contribution < -0.4 is 10.1 Å². The van der Waals surface area contributed by atoms with Crippen LogP contribution in [0.2, 0.25) is 0 Å². The lowest BCUT2D eigenvalue weighted by Gasteiger charge is -2.25. The van der Waals surface area contributed by atoms with E-state index >= 15 is 0 Å². The molecule has 5 nitrogen and oxygen atoms in total. The number of anilines is 1.